The largest absolute Gasteiger partial charge is 0.494 e. The fourth-order valence-corrected chi connectivity index (χ4v) is 3.06. The molecule has 0 unspecified atom stereocenters. The maximum Gasteiger partial charge on any atom is 0.494 e. The van der Waals surface area contributed by atoms with E-state index < -0.39 is 0 Å². The highest BCUT2D eigenvalue weighted by atomic mass is 16.7. The van der Waals surface area contributed by atoms with Crippen molar-refractivity contribution in [2.75, 3.05) is 11.4 Å². The summed E-state index contributed by atoms with van der Waals surface area (Å²) in [6.07, 6.45) is 4.97. The molecule has 2 saturated heterocycles. The molecule has 2 heterocycles. The predicted octanol–water partition coefficient (Wildman–Crippen LogP) is 2.86. The molecule has 1 aromatic rings. The summed E-state index contributed by atoms with van der Waals surface area (Å²) in [5, 5.41) is 8.87. The Morgan fingerprint density at radius 1 is 1.08 bits per heavy atom. The number of anilines is 1. The lowest BCUT2D eigenvalue weighted by Crippen LogP contribution is -2.41. The number of hydrogen-bond donors (Lipinski definition) is 0. The second-order valence-corrected chi connectivity index (χ2v) is 7.42. The first kappa shape index (κ1) is 17.0. The number of rotatable bonds is 2. The molecule has 5 nitrogen and oxygen atoms in total. The van der Waals surface area contributed by atoms with E-state index in [1.54, 1.807) is 0 Å². The Morgan fingerprint density at radius 2 is 1.71 bits per heavy atom. The van der Waals surface area contributed by atoms with Crippen LogP contribution in [0.5, 0.6) is 0 Å². The van der Waals surface area contributed by atoms with Crippen LogP contribution in [0.2, 0.25) is 0 Å². The van der Waals surface area contributed by atoms with Crippen LogP contribution >= 0.6 is 0 Å². The summed E-state index contributed by atoms with van der Waals surface area (Å²) >= 11 is 0. The third-order valence-electron chi connectivity index (χ3n) is 5.25. The zero-order valence-electron chi connectivity index (χ0n) is 14.9. The van der Waals surface area contributed by atoms with Gasteiger partial charge in [0, 0.05) is 18.7 Å². The molecule has 0 spiro atoms. The Morgan fingerprint density at radius 3 is 2.29 bits per heavy atom. The molecule has 0 radical (unpaired) electrons. The molecule has 0 aromatic heterocycles. The Kier molecular flexibility index (Phi) is 4.41. The maximum absolute atomic E-state index is 8.87. The molecule has 2 aliphatic rings. The molecule has 24 heavy (non-hydrogen) atoms. The van der Waals surface area contributed by atoms with E-state index >= 15 is 0 Å². The third kappa shape index (κ3) is 3.06. The lowest BCUT2D eigenvalue weighted by atomic mass is 9.79. The SMILES string of the molecule is CC1(C)OB(c2ccc(N3CCCC/C3=N\C#N)cc2)OC1(C)C. The van der Waals surface area contributed by atoms with E-state index in [-0.39, 0.29) is 18.3 Å². The van der Waals surface area contributed by atoms with Gasteiger partial charge < -0.3 is 14.2 Å². The molecule has 2 aliphatic heterocycles. The highest BCUT2D eigenvalue weighted by Crippen LogP contribution is 2.36. The van der Waals surface area contributed by atoms with Gasteiger partial charge in [-0.2, -0.15) is 10.3 Å². The summed E-state index contributed by atoms with van der Waals surface area (Å²) in [6, 6.07) is 8.18. The van der Waals surface area contributed by atoms with Crippen molar-refractivity contribution in [3.05, 3.63) is 24.3 Å². The van der Waals surface area contributed by atoms with Gasteiger partial charge in [0.2, 0.25) is 6.19 Å². The summed E-state index contributed by atoms with van der Waals surface area (Å²) in [7, 11) is -0.349. The number of hydrogen-bond acceptors (Lipinski definition) is 4. The van der Waals surface area contributed by atoms with Crippen LogP contribution in [-0.2, 0) is 9.31 Å². The first-order valence-electron chi connectivity index (χ1n) is 8.53. The predicted molar refractivity (Wildman–Crippen MR) is 96.4 cm³/mol. The number of aliphatic imine (C=N–C) groups is 1. The fraction of sp³-hybridized carbons (Fsp3) is 0.556. The van der Waals surface area contributed by atoms with Gasteiger partial charge in [-0.15, -0.1) is 0 Å². The van der Waals surface area contributed by atoms with Crippen LogP contribution in [-0.4, -0.2) is 30.7 Å². The fourth-order valence-electron chi connectivity index (χ4n) is 3.06. The van der Waals surface area contributed by atoms with Crippen LogP contribution in [0, 0.1) is 11.5 Å². The Bertz CT molecular complexity index is 660. The van der Waals surface area contributed by atoms with E-state index in [1.807, 2.05) is 18.3 Å². The van der Waals surface area contributed by atoms with E-state index in [4.69, 9.17) is 14.6 Å². The normalized spacial score (nSPS) is 24.2. The second kappa shape index (κ2) is 6.23. The van der Waals surface area contributed by atoms with Crippen LogP contribution in [0.25, 0.3) is 0 Å². The zero-order chi connectivity index (χ0) is 17.4. The number of nitriles is 1. The molecule has 0 aliphatic carbocycles. The molecule has 0 N–H and O–H groups in total. The molecule has 0 atom stereocenters. The van der Waals surface area contributed by atoms with Gasteiger partial charge in [-0.3, -0.25) is 0 Å². The molecular weight excluding hydrogens is 301 g/mol. The highest BCUT2D eigenvalue weighted by Gasteiger charge is 2.51. The van der Waals surface area contributed by atoms with Gasteiger partial charge in [0.05, 0.1) is 11.2 Å². The average molecular weight is 325 g/mol. The lowest BCUT2D eigenvalue weighted by Gasteiger charge is -2.32. The first-order valence-corrected chi connectivity index (χ1v) is 8.53. The van der Waals surface area contributed by atoms with E-state index in [2.05, 4.69) is 49.7 Å². The van der Waals surface area contributed by atoms with Gasteiger partial charge in [-0.1, -0.05) is 12.1 Å². The molecular formula is C18H24BN3O2. The third-order valence-corrected chi connectivity index (χ3v) is 5.25. The Hall–Kier alpha value is -1.84. The standard InChI is InChI=1S/C18H24BN3O2/c1-17(2)18(3,4)24-19(23-17)14-8-10-15(11-9-14)22-12-6-5-7-16(22)21-13-20/h8-11H,5-7,12H2,1-4H3/b21-16+. The molecule has 1 aromatic carbocycles. The highest BCUT2D eigenvalue weighted by molar-refractivity contribution is 6.62. The monoisotopic (exact) mass is 325 g/mol. The van der Waals surface area contributed by atoms with Crippen molar-refractivity contribution in [3.63, 3.8) is 0 Å². The molecule has 6 heteroatoms. The minimum atomic E-state index is -0.349. The van der Waals surface area contributed by atoms with Crippen molar-refractivity contribution in [3.8, 4) is 6.19 Å². The van der Waals surface area contributed by atoms with Crippen LogP contribution in [0.4, 0.5) is 5.69 Å². The van der Waals surface area contributed by atoms with Crippen molar-refractivity contribution < 1.29 is 9.31 Å². The summed E-state index contributed by atoms with van der Waals surface area (Å²) in [4.78, 5) is 6.10. The zero-order valence-corrected chi connectivity index (χ0v) is 14.9. The van der Waals surface area contributed by atoms with Crippen molar-refractivity contribution >= 4 is 24.1 Å². The topological polar surface area (TPSA) is 57.8 Å². The summed E-state index contributed by atoms with van der Waals surface area (Å²) in [5.41, 5.74) is 1.39. The van der Waals surface area contributed by atoms with Crippen molar-refractivity contribution in [1.82, 2.24) is 0 Å². The Balaban J connectivity index is 1.79. The van der Waals surface area contributed by atoms with Crippen molar-refractivity contribution in [2.45, 2.75) is 58.2 Å². The minimum absolute atomic E-state index is 0.337. The second-order valence-electron chi connectivity index (χ2n) is 7.42. The first-order chi connectivity index (χ1) is 11.3. The van der Waals surface area contributed by atoms with E-state index in [1.165, 1.54) is 0 Å². The lowest BCUT2D eigenvalue weighted by molar-refractivity contribution is 0.00578. The average Bonchev–Trinajstić information content (AvgIpc) is 2.77. The van der Waals surface area contributed by atoms with Crippen LogP contribution in [0.3, 0.4) is 0 Å². The molecule has 0 saturated carbocycles. The van der Waals surface area contributed by atoms with Crippen molar-refractivity contribution in [2.24, 2.45) is 4.99 Å². The van der Waals surface area contributed by atoms with E-state index in [9.17, 15) is 0 Å². The summed E-state index contributed by atoms with van der Waals surface area (Å²) in [5.74, 6) is 0.854. The van der Waals surface area contributed by atoms with Crippen LogP contribution in [0.15, 0.2) is 29.3 Å². The van der Waals surface area contributed by atoms with Crippen LogP contribution in [0.1, 0.15) is 47.0 Å². The smallest absolute Gasteiger partial charge is 0.399 e. The van der Waals surface area contributed by atoms with Gasteiger partial charge in [-0.25, -0.2) is 0 Å². The quantitative estimate of drug-likeness (QED) is 0.620. The number of piperidine rings is 1. The maximum atomic E-state index is 8.87. The number of benzene rings is 1. The molecule has 2 fully saturated rings. The van der Waals surface area contributed by atoms with Gasteiger partial charge in [0.25, 0.3) is 0 Å². The van der Waals surface area contributed by atoms with Gasteiger partial charge in [0.1, 0.15) is 5.84 Å². The molecule has 0 bridgehead atoms. The molecule has 3 rings (SSSR count). The van der Waals surface area contributed by atoms with Gasteiger partial charge in [-0.05, 0) is 58.1 Å². The summed E-state index contributed by atoms with van der Waals surface area (Å²) < 4.78 is 12.2. The molecule has 0 amide bonds. The Labute approximate surface area is 144 Å². The van der Waals surface area contributed by atoms with Crippen LogP contribution < -0.4 is 10.4 Å². The summed E-state index contributed by atoms with van der Waals surface area (Å²) in [6.45, 7) is 9.12. The minimum Gasteiger partial charge on any atom is -0.399 e. The number of nitrogens with zero attached hydrogens (tertiary/aromatic N) is 3. The van der Waals surface area contributed by atoms with Gasteiger partial charge >= 0.3 is 7.12 Å². The van der Waals surface area contributed by atoms with Crippen molar-refractivity contribution in [1.29, 1.82) is 5.26 Å². The van der Waals surface area contributed by atoms with E-state index in [0.29, 0.717) is 0 Å². The molecule has 126 valence electrons. The number of amidine groups is 1. The van der Waals surface area contributed by atoms with E-state index in [0.717, 1.165) is 42.8 Å². The van der Waals surface area contributed by atoms with Gasteiger partial charge in [0.15, 0.2) is 0 Å².